The summed E-state index contributed by atoms with van der Waals surface area (Å²) >= 11 is 0. The normalized spacial score (nSPS) is 15.7. The van der Waals surface area contributed by atoms with Gasteiger partial charge in [-0.3, -0.25) is 0 Å². The second kappa shape index (κ2) is 7.72. The molecule has 0 aromatic heterocycles. The molecule has 3 aromatic rings. The van der Waals surface area contributed by atoms with Crippen LogP contribution in [0.4, 0.5) is 0 Å². The van der Waals surface area contributed by atoms with Crippen LogP contribution < -0.4 is 15.9 Å². The molecule has 1 aliphatic heterocycles. The van der Waals surface area contributed by atoms with Crippen molar-refractivity contribution in [2.24, 2.45) is 0 Å². The van der Waals surface area contributed by atoms with E-state index >= 15 is 0 Å². The summed E-state index contributed by atoms with van der Waals surface area (Å²) in [7, 11) is -1.79. The van der Waals surface area contributed by atoms with Gasteiger partial charge < -0.3 is 9.47 Å². The summed E-state index contributed by atoms with van der Waals surface area (Å²) in [5, 5.41) is 4.08. The molecule has 0 radical (unpaired) electrons. The van der Waals surface area contributed by atoms with Crippen molar-refractivity contribution in [1.82, 2.24) is 0 Å². The molecule has 0 unspecified atom stereocenters. The van der Waals surface area contributed by atoms with Gasteiger partial charge in [0, 0.05) is 0 Å². The van der Waals surface area contributed by atoms with Gasteiger partial charge in [0.05, 0.1) is 25.4 Å². The second-order valence-corrected chi connectivity index (χ2v) is 10.2. The molecule has 0 N–H and O–H groups in total. The molecule has 1 aliphatic rings. The maximum Gasteiger partial charge on any atom is 0.187 e. The Labute approximate surface area is 156 Å². The first-order chi connectivity index (χ1) is 12.8. The SMILES string of the molecule is C[P+](c1ccccc1)(c1ccccc1)c1ccccc1C1OCCCO1. The largest absolute Gasteiger partial charge is 0.348 e. The van der Waals surface area contributed by atoms with Crippen molar-refractivity contribution in [3.63, 3.8) is 0 Å². The van der Waals surface area contributed by atoms with Gasteiger partial charge in [-0.25, -0.2) is 0 Å². The third kappa shape index (κ3) is 3.21. The minimum absolute atomic E-state index is 0.272. The molecule has 132 valence electrons. The Bertz CT molecular complexity index is 803. The highest BCUT2D eigenvalue weighted by molar-refractivity contribution is 7.95. The summed E-state index contributed by atoms with van der Waals surface area (Å²) in [5.74, 6) is 0. The van der Waals surface area contributed by atoms with Crippen molar-refractivity contribution in [2.75, 3.05) is 19.9 Å². The van der Waals surface area contributed by atoms with Crippen molar-refractivity contribution in [1.29, 1.82) is 0 Å². The molecule has 3 aromatic carbocycles. The standard InChI is InChI=1S/C23H24O2P/c1-26(19-11-4-2-5-12-19,20-13-6-3-7-14-20)22-16-9-8-15-21(22)23-24-17-10-18-25-23/h2-9,11-16,23H,10,17-18H2,1H3/q+1. The Morgan fingerprint density at radius 2 is 1.19 bits per heavy atom. The van der Waals surface area contributed by atoms with E-state index in [-0.39, 0.29) is 6.29 Å². The Morgan fingerprint density at radius 3 is 1.77 bits per heavy atom. The van der Waals surface area contributed by atoms with E-state index < -0.39 is 7.26 Å². The van der Waals surface area contributed by atoms with Crippen molar-refractivity contribution in [3.8, 4) is 0 Å². The molecular weight excluding hydrogens is 339 g/mol. The fourth-order valence-corrected chi connectivity index (χ4v) is 7.11. The first kappa shape index (κ1) is 17.4. The van der Waals surface area contributed by atoms with Gasteiger partial charge in [-0.15, -0.1) is 0 Å². The first-order valence-electron chi connectivity index (χ1n) is 9.10. The lowest BCUT2D eigenvalue weighted by molar-refractivity contribution is -0.182. The highest BCUT2D eigenvalue weighted by atomic mass is 31.2. The maximum absolute atomic E-state index is 5.97. The molecule has 0 atom stereocenters. The molecule has 0 spiro atoms. The van der Waals surface area contributed by atoms with Crippen LogP contribution in [0.15, 0.2) is 84.9 Å². The van der Waals surface area contributed by atoms with E-state index in [0.29, 0.717) is 0 Å². The van der Waals surface area contributed by atoms with Crippen molar-refractivity contribution < 1.29 is 9.47 Å². The smallest absolute Gasteiger partial charge is 0.187 e. The van der Waals surface area contributed by atoms with E-state index in [9.17, 15) is 0 Å². The Hall–Kier alpha value is -1.99. The molecule has 26 heavy (non-hydrogen) atoms. The fourth-order valence-electron chi connectivity index (χ4n) is 3.64. The van der Waals surface area contributed by atoms with E-state index in [1.807, 2.05) is 0 Å². The summed E-state index contributed by atoms with van der Waals surface area (Å²) < 4.78 is 11.9. The topological polar surface area (TPSA) is 18.5 Å². The van der Waals surface area contributed by atoms with E-state index in [1.165, 1.54) is 15.9 Å². The van der Waals surface area contributed by atoms with Crippen LogP contribution in [0.25, 0.3) is 0 Å². The molecule has 0 saturated carbocycles. The lowest BCUT2D eigenvalue weighted by Gasteiger charge is -2.29. The van der Waals surface area contributed by atoms with Gasteiger partial charge in [-0.1, -0.05) is 48.5 Å². The van der Waals surface area contributed by atoms with E-state index in [0.717, 1.165) is 25.2 Å². The van der Waals surface area contributed by atoms with Crippen LogP contribution in [0.1, 0.15) is 18.3 Å². The number of hydrogen-bond donors (Lipinski definition) is 0. The van der Waals surface area contributed by atoms with Gasteiger partial charge >= 0.3 is 0 Å². The average molecular weight is 363 g/mol. The predicted molar refractivity (Wildman–Crippen MR) is 110 cm³/mol. The Kier molecular flexibility index (Phi) is 5.17. The summed E-state index contributed by atoms with van der Waals surface area (Å²) in [5.41, 5.74) is 1.16. The fraction of sp³-hybridized carbons (Fsp3) is 0.217. The Balaban J connectivity index is 1.91. The van der Waals surface area contributed by atoms with Gasteiger partial charge in [0.1, 0.15) is 23.2 Å². The van der Waals surface area contributed by atoms with E-state index in [1.54, 1.807) is 0 Å². The van der Waals surface area contributed by atoms with E-state index in [2.05, 4.69) is 91.6 Å². The number of ether oxygens (including phenoxy) is 2. The van der Waals surface area contributed by atoms with Crippen LogP contribution in [-0.4, -0.2) is 19.9 Å². The van der Waals surface area contributed by atoms with Gasteiger partial charge in [0.2, 0.25) is 0 Å². The molecule has 4 rings (SSSR count). The number of benzene rings is 3. The molecule has 1 fully saturated rings. The minimum Gasteiger partial charge on any atom is -0.348 e. The molecule has 0 bridgehead atoms. The van der Waals surface area contributed by atoms with E-state index in [4.69, 9.17) is 9.47 Å². The van der Waals surface area contributed by atoms with Gasteiger partial charge in [0.15, 0.2) is 6.29 Å². The van der Waals surface area contributed by atoms with Crippen molar-refractivity contribution in [2.45, 2.75) is 12.7 Å². The highest BCUT2D eigenvalue weighted by Crippen LogP contribution is 2.53. The molecule has 1 saturated heterocycles. The third-order valence-corrected chi connectivity index (χ3v) is 9.08. The van der Waals surface area contributed by atoms with Crippen LogP contribution in [0.3, 0.4) is 0 Å². The van der Waals surface area contributed by atoms with Crippen molar-refractivity contribution >= 4 is 23.2 Å². The zero-order valence-electron chi connectivity index (χ0n) is 15.0. The zero-order chi connectivity index (χ0) is 17.8. The van der Waals surface area contributed by atoms with Gasteiger partial charge in [-0.2, -0.15) is 0 Å². The van der Waals surface area contributed by atoms with Crippen LogP contribution in [0.2, 0.25) is 0 Å². The number of hydrogen-bond acceptors (Lipinski definition) is 2. The zero-order valence-corrected chi connectivity index (χ0v) is 15.9. The molecule has 3 heteroatoms. The van der Waals surface area contributed by atoms with Crippen LogP contribution in [-0.2, 0) is 9.47 Å². The quantitative estimate of drug-likeness (QED) is 0.651. The molecule has 0 aliphatic carbocycles. The second-order valence-electron chi connectivity index (χ2n) is 6.66. The maximum atomic E-state index is 5.97. The summed E-state index contributed by atoms with van der Waals surface area (Å²) in [6.07, 6.45) is 0.689. The van der Waals surface area contributed by atoms with Gasteiger partial charge in [0.25, 0.3) is 0 Å². The van der Waals surface area contributed by atoms with Crippen molar-refractivity contribution in [3.05, 3.63) is 90.5 Å². The monoisotopic (exact) mass is 363 g/mol. The van der Waals surface area contributed by atoms with Crippen LogP contribution in [0, 0.1) is 0 Å². The summed E-state index contributed by atoms with van der Waals surface area (Å²) in [6, 6.07) is 30.3. The summed E-state index contributed by atoms with van der Waals surface area (Å²) in [6.45, 7) is 3.91. The predicted octanol–water partition coefficient (Wildman–Crippen LogP) is 4.05. The highest BCUT2D eigenvalue weighted by Gasteiger charge is 2.43. The van der Waals surface area contributed by atoms with Gasteiger partial charge in [-0.05, 0) is 42.8 Å². The summed E-state index contributed by atoms with van der Waals surface area (Å²) in [4.78, 5) is 0. The lowest BCUT2D eigenvalue weighted by atomic mass is 10.2. The third-order valence-electron chi connectivity index (χ3n) is 5.04. The van der Waals surface area contributed by atoms with Crippen LogP contribution in [0.5, 0.6) is 0 Å². The molecule has 0 amide bonds. The first-order valence-corrected chi connectivity index (χ1v) is 11.3. The average Bonchev–Trinajstić information content (AvgIpc) is 2.75. The minimum atomic E-state index is -1.79. The molecule has 2 nitrogen and oxygen atoms in total. The van der Waals surface area contributed by atoms with Crippen LogP contribution >= 0.6 is 7.26 Å². The molecule has 1 heterocycles. The Morgan fingerprint density at radius 1 is 0.692 bits per heavy atom. The molecular formula is C23H24O2P+. The lowest BCUT2D eigenvalue weighted by Crippen LogP contribution is -2.34. The number of rotatable bonds is 4.